The lowest BCUT2D eigenvalue weighted by Crippen LogP contribution is -2.37. The number of nitrogens with zero attached hydrogens (tertiary/aromatic N) is 3. The Hall–Kier alpha value is -3.25. The molecule has 0 bridgehead atoms. The average molecular weight is 568 g/mol. The molecule has 1 aliphatic rings. The number of benzene rings is 2. The van der Waals surface area contributed by atoms with Crippen LogP contribution in [-0.2, 0) is 39.6 Å². The van der Waals surface area contributed by atoms with Crippen LogP contribution in [-0.4, -0.2) is 47.5 Å². The lowest BCUT2D eigenvalue weighted by molar-refractivity contribution is -0.137. The molecule has 0 radical (unpaired) electrons. The third-order valence-corrected chi connectivity index (χ3v) is 8.14. The molecule has 210 valence electrons. The Balaban J connectivity index is 1.66. The topological polar surface area (TPSA) is 81.5 Å². The minimum absolute atomic E-state index is 0.00649. The van der Waals surface area contributed by atoms with E-state index in [2.05, 4.69) is 4.98 Å². The summed E-state index contributed by atoms with van der Waals surface area (Å²) in [5.74, 6) is -1.76. The number of sulfone groups is 1. The molecule has 2 heterocycles. The predicted octanol–water partition coefficient (Wildman–Crippen LogP) is 5.24. The lowest BCUT2D eigenvalue weighted by Gasteiger charge is -2.28. The van der Waals surface area contributed by atoms with Gasteiger partial charge in [0, 0.05) is 23.8 Å². The number of ether oxygens (including phenoxy) is 1. The smallest absolute Gasteiger partial charge is 0.376 e. The van der Waals surface area contributed by atoms with Gasteiger partial charge in [-0.15, -0.1) is 0 Å². The molecule has 4 rings (SSSR count). The summed E-state index contributed by atoms with van der Waals surface area (Å²) in [6, 6.07) is 9.16. The van der Waals surface area contributed by atoms with Crippen molar-refractivity contribution in [3.63, 3.8) is 0 Å². The number of aromatic nitrogens is 2. The first kappa shape index (κ1) is 28.8. The van der Waals surface area contributed by atoms with E-state index in [4.69, 9.17) is 4.74 Å². The van der Waals surface area contributed by atoms with Gasteiger partial charge in [0.1, 0.15) is 5.82 Å². The SMILES string of the molecule is CC(C)N(Cc1cnc(S(=O)(=O)Cc2ccccc2F)n1C[C@@H]1CCCO1)C(=O)c1ccc(C(F)(F)F)cc1. The van der Waals surface area contributed by atoms with Crippen molar-refractivity contribution in [2.75, 3.05) is 6.61 Å². The Morgan fingerprint density at radius 1 is 1.15 bits per heavy atom. The van der Waals surface area contributed by atoms with Crippen molar-refractivity contribution in [3.05, 3.63) is 82.9 Å². The van der Waals surface area contributed by atoms with Gasteiger partial charge in [-0.1, -0.05) is 18.2 Å². The Morgan fingerprint density at radius 3 is 2.44 bits per heavy atom. The van der Waals surface area contributed by atoms with Gasteiger partial charge < -0.3 is 14.2 Å². The number of rotatable bonds is 9. The average Bonchev–Trinajstić information content (AvgIpc) is 3.53. The zero-order valence-electron chi connectivity index (χ0n) is 21.5. The molecule has 3 aromatic rings. The number of carbonyl (C=O) groups is 1. The standard InChI is InChI=1S/C27H29F4N3O4S/c1-18(2)33(25(35)19-9-11-21(12-10-19)27(29,30)31)15-22-14-32-26(34(22)16-23-7-5-13-38-23)39(36,37)17-20-6-3-4-8-24(20)28/h3-4,6,8-12,14,18,23H,5,7,13,15-17H2,1-2H3/t23-/m0/s1. The molecule has 1 atom stereocenters. The fourth-order valence-corrected chi connectivity index (χ4v) is 5.98. The van der Waals surface area contributed by atoms with Crippen molar-refractivity contribution in [2.45, 2.75) is 69.0 Å². The van der Waals surface area contributed by atoms with Crippen LogP contribution in [0.2, 0.25) is 0 Å². The van der Waals surface area contributed by atoms with Crippen LogP contribution in [0.15, 0.2) is 59.9 Å². The van der Waals surface area contributed by atoms with Gasteiger partial charge in [-0.25, -0.2) is 17.8 Å². The van der Waals surface area contributed by atoms with E-state index in [1.165, 1.54) is 33.9 Å². The van der Waals surface area contributed by atoms with Crippen LogP contribution >= 0.6 is 0 Å². The van der Waals surface area contributed by atoms with Crippen LogP contribution in [0.1, 0.15) is 53.9 Å². The van der Waals surface area contributed by atoms with Crippen LogP contribution in [0.4, 0.5) is 17.6 Å². The van der Waals surface area contributed by atoms with Gasteiger partial charge in [-0.05, 0) is 57.0 Å². The zero-order chi connectivity index (χ0) is 28.4. The van der Waals surface area contributed by atoms with Crippen molar-refractivity contribution in [3.8, 4) is 0 Å². The third-order valence-electron chi connectivity index (χ3n) is 6.57. The van der Waals surface area contributed by atoms with E-state index in [9.17, 15) is 30.8 Å². The highest BCUT2D eigenvalue weighted by Crippen LogP contribution is 2.30. The molecule has 2 aromatic carbocycles. The van der Waals surface area contributed by atoms with Crippen molar-refractivity contribution in [1.82, 2.24) is 14.5 Å². The molecule has 1 amide bonds. The summed E-state index contributed by atoms with van der Waals surface area (Å²) in [5.41, 5.74) is -0.387. The molecular weight excluding hydrogens is 538 g/mol. The molecule has 0 unspecified atom stereocenters. The van der Waals surface area contributed by atoms with Crippen LogP contribution < -0.4 is 0 Å². The van der Waals surface area contributed by atoms with E-state index < -0.39 is 39.1 Å². The van der Waals surface area contributed by atoms with Crippen molar-refractivity contribution < 1.29 is 35.5 Å². The number of imidazole rings is 1. The third kappa shape index (κ3) is 6.67. The second kappa shape index (κ2) is 11.5. The highest BCUT2D eigenvalue weighted by Gasteiger charge is 2.32. The monoisotopic (exact) mass is 567 g/mol. The number of hydrogen-bond donors (Lipinski definition) is 0. The molecule has 39 heavy (non-hydrogen) atoms. The van der Waals surface area contributed by atoms with Crippen molar-refractivity contribution >= 4 is 15.7 Å². The summed E-state index contributed by atoms with van der Waals surface area (Å²) in [6.45, 7) is 4.15. The highest BCUT2D eigenvalue weighted by atomic mass is 32.2. The maximum atomic E-state index is 14.3. The van der Waals surface area contributed by atoms with Gasteiger partial charge in [0.05, 0.1) is 42.4 Å². The number of hydrogen-bond acceptors (Lipinski definition) is 5. The molecule has 1 fully saturated rings. The van der Waals surface area contributed by atoms with E-state index in [1.54, 1.807) is 19.9 Å². The summed E-state index contributed by atoms with van der Waals surface area (Å²) < 4.78 is 87.2. The quantitative estimate of drug-likeness (QED) is 0.330. The molecule has 1 saturated heterocycles. The number of carbonyl (C=O) groups excluding carboxylic acids is 1. The first-order valence-corrected chi connectivity index (χ1v) is 14.1. The first-order valence-electron chi connectivity index (χ1n) is 12.5. The number of halogens is 4. The number of amides is 1. The maximum Gasteiger partial charge on any atom is 0.416 e. The molecule has 1 aromatic heterocycles. The Morgan fingerprint density at radius 2 is 1.85 bits per heavy atom. The fourth-order valence-electron chi connectivity index (χ4n) is 4.47. The van der Waals surface area contributed by atoms with E-state index >= 15 is 0 Å². The Bertz CT molecular complexity index is 1410. The molecule has 0 aliphatic carbocycles. The highest BCUT2D eigenvalue weighted by molar-refractivity contribution is 7.90. The molecule has 1 aliphatic heterocycles. The second-order valence-electron chi connectivity index (χ2n) is 9.73. The van der Waals surface area contributed by atoms with Crippen LogP contribution in [0.5, 0.6) is 0 Å². The summed E-state index contributed by atoms with van der Waals surface area (Å²) in [6.07, 6.45) is -1.91. The molecule has 0 spiro atoms. The normalized spacial score (nSPS) is 16.1. The van der Waals surface area contributed by atoms with E-state index in [0.717, 1.165) is 30.7 Å². The molecule has 0 N–H and O–H groups in total. The van der Waals surface area contributed by atoms with Gasteiger partial charge in [-0.3, -0.25) is 4.79 Å². The summed E-state index contributed by atoms with van der Waals surface area (Å²) >= 11 is 0. The van der Waals surface area contributed by atoms with Crippen LogP contribution in [0.3, 0.4) is 0 Å². The lowest BCUT2D eigenvalue weighted by atomic mass is 10.1. The van der Waals surface area contributed by atoms with E-state index in [0.29, 0.717) is 18.7 Å². The molecule has 0 saturated carbocycles. The first-order chi connectivity index (χ1) is 18.4. The van der Waals surface area contributed by atoms with Gasteiger partial charge in [0.2, 0.25) is 15.0 Å². The predicted molar refractivity (Wildman–Crippen MR) is 135 cm³/mol. The summed E-state index contributed by atoms with van der Waals surface area (Å²) in [5, 5.41) is -0.262. The Labute approximate surface area is 224 Å². The fraction of sp³-hybridized carbons (Fsp3) is 0.407. The van der Waals surface area contributed by atoms with Crippen molar-refractivity contribution in [1.29, 1.82) is 0 Å². The summed E-state index contributed by atoms with van der Waals surface area (Å²) in [7, 11) is -4.09. The minimum atomic E-state index is -4.53. The van der Waals surface area contributed by atoms with E-state index in [1.807, 2.05) is 0 Å². The summed E-state index contributed by atoms with van der Waals surface area (Å²) in [4.78, 5) is 18.9. The number of alkyl halides is 3. The van der Waals surface area contributed by atoms with Crippen molar-refractivity contribution in [2.24, 2.45) is 0 Å². The van der Waals surface area contributed by atoms with Crippen LogP contribution in [0, 0.1) is 5.82 Å². The van der Waals surface area contributed by atoms with Gasteiger partial charge >= 0.3 is 6.18 Å². The molecular formula is C27H29F4N3O4S. The van der Waals surface area contributed by atoms with Gasteiger partial charge in [0.15, 0.2) is 0 Å². The molecule has 7 nitrogen and oxygen atoms in total. The van der Waals surface area contributed by atoms with E-state index in [-0.39, 0.29) is 41.5 Å². The zero-order valence-corrected chi connectivity index (χ0v) is 22.3. The molecule has 12 heteroatoms. The largest absolute Gasteiger partial charge is 0.416 e. The van der Waals surface area contributed by atoms with Gasteiger partial charge in [-0.2, -0.15) is 13.2 Å². The second-order valence-corrected chi connectivity index (χ2v) is 11.6. The van der Waals surface area contributed by atoms with Gasteiger partial charge in [0.25, 0.3) is 5.91 Å². The minimum Gasteiger partial charge on any atom is -0.376 e. The Kier molecular flexibility index (Phi) is 8.45. The van der Waals surface area contributed by atoms with Crippen LogP contribution in [0.25, 0.3) is 0 Å². The maximum absolute atomic E-state index is 14.3.